The Labute approximate surface area is 177 Å². The minimum atomic E-state index is -0.230. The first-order valence-electron chi connectivity index (χ1n) is 9.47. The third-order valence-electron chi connectivity index (χ3n) is 5.10. The number of carbonyl (C=O) groups is 1. The van der Waals surface area contributed by atoms with Crippen molar-refractivity contribution < 1.29 is 14.3 Å². The molecule has 1 aliphatic rings. The van der Waals surface area contributed by atoms with E-state index in [1.165, 1.54) is 11.3 Å². The number of rotatable bonds is 3. The summed E-state index contributed by atoms with van der Waals surface area (Å²) in [6, 6.07) is 15.4. The summed E-state index contributed by atoms with van der Waals surface area (Å²) < 4.78 is 10.8. The minimum Gasteiger partial charge on any atom is -0.454 e. The summed E-state index contributed by atoms with van der Waals surface area (Å²) in [5, 5.41) is 3.74. The molecule has 30 heavy (non-hydrogen) atoms. The van der Waals surface area contributed by atoms with E-state index in [9.17, 15) is 4.79 Å². The number of hydrogen-bond acceptors (Lipinski definition) is 6. The fourth-order valence-corrected chi connectivity index (χ4v) is 4.50. The van der Waals surface area contributed by atoms with Crippen LogP contribution in [0.4, 0.5) is 11.4 Å². The summed E-state index contributed by atoms with van der Waals surface area (Å²) in [5.74, 6) is 1.20. The van der Waals surface area contributed by atoms with Gasteiger partial charge in [0.25, 0.3) is 5.91 Å². The van der Waals surface area contributed by atoms with Gasteiger partial charge in [-0.2, -0.15) is 0 Å². The third kappa shape index (κ3) is 3.13. The highest BCUT2D eigenvalue weighted by Gasteiger charge is 2.19. The van der Waals surface area contributed by atoms with Gasteiger partial charge in [-0.05, 0) is 55.8 Å². The maximum Gasteiger partial charge on any atom is 0.267 e. The zero-order chi connectivity index (χ0) is 20.8. The van der Waals surface area contributed by atoms with Gasteiger partial charge in [0.15, 0.2) is 11.5 Å². The first kappa shape index (κ1) is 18.4. The summed E-state index contributed by atoms with van der Waals surface area (Å²) in [5.41, 5.74) is 11.4. The highest BCUT2D eigenvalue weighted by Crippen LogP contribution is 2.38. The van der Waals surface area contributed by atoms with Crippen LogP contribution in [0.2, 0.25) is 0 Å². The number of hydrogen-bond donors (Lipinski definition) is 2. The number of nitrogen functional groups attached to an aromatic ring is 1. The Kier molecular flexibility index (Phi) is 4.33. The van der Waals surface area contributed by atoms with Gasteiger partial charge in [-0.3, -0.25) is 4.79 Å². The lowest BCUT2D eigenvalue weighted by molar-refractivity contribution is 0.103. The zero-order valence-corrected chi connectivity index (χ0v) is 17.3. The summed E-state index contributed by atoms with van der Waals surface area (Å²) in [6.07, 6.45) is 0. The van der Waals surface area contributed by atoms with E-state index in [2.05, 4.69) is 5.32 Å². The Morgan fingerprint density at radius 1 is 1.07 bits per heavy atom. The first-order chi connectivity index (χ1) is 14.5. The molecule has 150 valence electrons. The predicted octanol–water partition coefficient (Wildman–Crippen LogP) is 5.14. The van der Waals surface area contributed by atoms with Gasteiger partial charge in [0.1, 0.15) is 9.71 Å². The van der Waals surface area contributed by atoms with Crippen molar-refractivity contribution in [3.63, 3.8) is 0 Å². The van der Waals surface area contributed by atoms with Crippen LogP contribution in [0, 0.1) is 13.8 Å². The molecule has 0 spiro atoms. The molecule has 0 fully saturated rings. The van der Waals surface area contributed by atoms with Crippen LogP contribution < -0.4 is 20.5 Å². The molecule has 2 aromatic heterocycles. The lowest BCUT2D eigenvalue weighted by Gasteiger charge is -2.08. The minimum absolute atomic E-state index is 0.228. The van der Waals surface area contributed by atoms with Crippen molar-refractivity contribution in [1.82, 2.24) is 4.98 Å². The molecule has 2 aromatic carbocycles. The second-order valence-corrected chi connectivity index (χ2v) is 8.23. The molecule has 6 nitrogen and oxygen atoms in total. The van der Waals surface area contributed by atoms with Crippen LogP contribution in [-0.4, -0.2) is 17.7 Å². The van der Waals surface area contributed by atoms with Crippen LogP contribution in [0.1, 0.15) is 20.8 Å². The number of nitrogens with one attached hydrogen (secondary N) is 1. The van der Waals surface area contributed by atoms with Crippen molar-refractivity contribution in [1.29, 1.82) is 0 Å². The van der Waals surface area contributed by atoms with Gasteiger partial charge in [0.05, 0.1) is 11.4 Å². The molecule has 0 saturated heterocycles. The molecule has 3 heterocycles. The van der Waals surface area contributed by atoms with E-state index in [1.54, 1.807) is 0 Å². The first-order valence-corrected chi connectivity index (χ1v) is 10.3. The molecule has 1 aliphatic heterocycles. The monoisotopic (exact) mass is 417 g/mol. The Bertz CT molecular complexity index is 1310. The number of nitrogens with two attached hydrogens (primary N) is 1. The fraction of sp³-hybridized carbons (Fsp3) is 0.130. The van der Waals surface area contributed by atoms with Crippen LogP contribution in [-0.2, 0) is 0 Å². The SMILES string of the molecule is Cc1ccc(NC(=O)c2sc3nc(-c4ccc5c(c4)OCO5)ccc3c2N)c(C)c1. The fourth-order valence-electron chi connectivity index (χ4n) is 3.52. The quantitative estimate of drug-likeness (QED) is 0.482. The molecule has 0 saturated carbocycles. The molecule has 0 bridgehead atoms. The molecule has 4 aromatic rings. The van der Waals surface area contributed by atoms with Crippen LogP contribution in [0.5, 0.6) is 11.5 Å². The molecule has 0 aliphatic carbocycles. The van der Waals surface area contributed by atoms with Crippen molar-refractivity contribution in [2.45, 2.75) is 13.8 Å². The lowest BCUT2D eigenvalue weighted by atomic mass is 10.1. The number of nitrogens with zero attached hydrogens (tertiary/aromatic N) is 1. The summed E-state index contributed by atoms with van der Waals surface area (Å²) >= 11 is 1.29. The number of ether oxygens (including phenoxy) is 2. The van der Waals surface area contributed by atoms with Gasteiger partial charge in [0, 0.05) is 16.6 Å². The molecule has 7 heteroatoms. The summed E-state index contributed by atoms with van der Waals surface area (Å²) in [6.45, 7) is 4.22. The van der Waals surface area contributed by atoms with E-state index in [4.69, 9.17) is 20.2 Å². The lowest BCUT2D eigenvalue weighted by Crippen LogP contribution is -2.12. The topological polar surface area (TPSA) is 86.5 Å². The molecule has 1 amide bonds. The summed E-state index contributed by atoms with van der Waals surface area (Å²) in [7, 11) is 0. The highest BCUT2D eigenvalue weighted by atomic mass is 32.1. The standard InChI is InChI=1S/C23H19N3O3S/c1-12-3-6-16(13(2)9-12)25-22(27)21-20(24)15-5-7-17(26-23(15)30-21)14-4-8-18-19(10-14)29-11-28-18/h3-10H,11,24H2,1-2H3,(H,25,27). The number of amides is 1. The van der Waals surface area contributed by atoms with Crippen molar-refractivity contribution >= 4 is 38.8 Å². The Morgan fingerprint density at radius 3 is 2.73 bits per heavy atom. The van der Waals surface area contributed by atoms with Gasteiger partial charge in [-0.25, -0.2) is 4.98 Å². The molecule has 3 N–H and O–H groups in total. The number of pyridine rings is 1. The molecular formula is C23H19N3O3S. The van der Waals surface area contributed by atoms with Crippen molar-refractivity contribution in [2.75, 3.05) is 17.8 Å². The number of thiophene rings is 1. The smallest absolute Gasteiger partial charge is 0.267 e. The second-order valence-electron chi connectivity index (χ2n) is 7.23. The predicted molar refractivity (Wildman–Crippen MR) is 119 cm³/mol. The van der Waals surface area contributed by atoms with Crippen LogP contribution in [0.3, 0.4) is 0 Å². The largest absolute Gasteiger partial charge is 0.454 e. The van der Waals surface area contributed by atoms with Gasteiger partial charge in [0.2, 0.25) is 6.79 Å². The van der Waals surface area contributed by atoms with E-state index >= 15 is 0 Å². The number of anilines is 2. The van der Waals surface area contributed by atoms with Crippen molar-refractivity contribution in [2.24, 2.45) is 0 Å². The van der Waals surface area contributed by atoms with E-state index in [1.807, 2.05) is 62.4 Å². The molecular weight excluding hydrogens is 398 g/mol. The Hall–Kier alpha value is -3.58. The second kappa shape index (κ2) is 7.03. The number of benzene rings is 2. The molecule has 5 rings (SSSR count). The number of aryl methyl sites for hydroxylation is 2. The van der Waals surface area contributed by atoms with Gasteiger partial charge in [-0.15, -0.1) is 11.3 Å². The number of carbonyl (C=O) groups excluding carboxylic acids is 1. The average Bonchev–Trinajstić information content (AvgIpc) is 3.33. The maximum atomic E-state index is 12.9. The van der Waals surface area contributed by atoms with E-state index in [-0.39, 0.29) is 12.7 Å². The van der Waals surface area contributed by atoms with Crippen molar-refractivity contribution in [3.05, 3.63) is 64.5 Å². The summed E-state index contributed by atoms with van der Waals surface area (Å²) in [4.78, 5) is 18.8. The molecule has 0 unspecified atom stereocenters. The Morgan fingerprint density at radius 2 is 1.90 bits per heavy atom. The van der Waals surface area contributed by atoms with E-state index in [0.717, 1.165) is 39.2 Å². The van der Waals surface area contributed by atoms with E-state index < -0.39 is 0 Å². The number of aromatic nitrogens is 1. The van der Waals surface area contributed by atoms with Crippen molar-refractivity contribution in [3.8, 4) is 22.8 Å². The normalized spacial score (nSPS) is 12.3. The van der Waals surface area contributed by atoms with E-state index in [0.29, 0.717) is 21.1 Å². The van der Waals surface area contributed by atoms with Gasteiger partial charge in [-0.1, -0.05) is 17.7 Å². The molecule has 0 atom stereocenters. The Balaban J connectivity index is 1.48. The van der Waals surface area contributed by atoms with Crippen LogP contribution >= 0.6 is 11.3 Å². The average molecular weight is 417 g/mol. The van der Waals surface area contributed by atoms with Crippen LogP contribution in [0.25, 0.3) is 21.5 Å². The van der Waals surface area contributed by atoms with Crippen LogP contribution in [0.15, 0.2) is 48.5 Å². The van der Waals surface area contributed by atoms with Gasteiger partial charge >= 0.3 is 0 Å². The maximum absolute atomic E-state index is 12.9. The molecule has 0 radical (unpaired) electrons. The third-order valence-corrected chi connectivity index (χ3v) is 6.21. The number of fused-ring (bicyclic) bond motifs is 2. The zero-order valence-electron chi connectivity index (χ0n) is 16.5. The highest BCUT2D eigenvalue weighted by molar-refractivity contribution is 7.21. The van der Waals surface area contributed by atoms with Gasteiger partial charge < -0.3 is 20.5 Å².